The molecule has 7 nitrogen and oxygen atoms in total. The lowest BCUT2D eigenvalue weighted by atomic mass is 9.93. The molecule has 7 heteroatoms. The zero-order chi connectivity index (χ0) is 24.1. The van der Waals surface area contributed by atoms with Crippen molar-refractivity contribution in [2.24, 2.45) is 0 Å². The zero-order valence-electron chi connectivity index (χ0n) is 19.9. The minimum Gasteiger partial charge on any atom is -0.508 e. The van der Waals surface area contributed by atoms with Gasteiger partial charge in [0.05, 0.1) is 22.9 Å². The molecule has 1 aromatic heterocycles. The molecule has 0 saturated heterocycles. The van der Waals surface area contributed by atoms with Gasteiger partial charge in [-0.25, -0.2) is 0 Å². The average Bonchev–Trinajstić information content (AvgIpc) is 2.83. The molecule has 1 fully saturated rings. The van der Waals surface area contributed by atoms with Crippen molar-refractivity contribution in [3.8, 4) is 16.9 Å². The number of hydrogen-bond acceptors (Lipinski definition) is 6. The van der Waals surface area contributed by atoms with Crippen LogP contribution in [0.2, 0.25) is 0 Å². The number of carbonyl (C=O) groups excluding carboxylic acids is 1. The molecule has 1 saturated carbocycles. The molecule has 1 heterocycles. The van der Waals surface area contributed by atoms with Crippen LogP contribution in [0.4, 0.5) is 5.69 Å². The van der Waals surface area contributed by atoms with Crippen molar-refractivity contribution in [3.05, 3.63) is 54.2 Å². The zero-order valence-corrected chi connectivity index (χ0v) is 19.9. The van der Waals surface area contributed by atoms with Gasteiger partial charge in [-0.05, 0) is 88.1 Å². The lowest BCUT2D eigenvalue weighted by molar-refractivity contribution is 0.0868. The Morgan fingerprint density at radius 2 is 1.76 bits per heavy atom. The molecule has 1 amide bonds. The molecule has 0 aliphatic heterocycles. The van der Waals surface area contributed by atoms with Crippen LogP contribution in [0.1, 0.15) is 42.5 Å². The molecule has 2 aromatic carbocycles. The normalized spacial score (nSPS) is 18.2. The molecule has 0 unspecified atom stereocenters. The Labute approximate surface area is 200 Å². The number of phenols is 1. The first-order valence-electron chi connectivity index (χ1n) is 12.0. The highest BCUT2D eigenvalue weighted by Crippen LogP contribution is 2.31. The second kappa shape index (κ2) is 10.8. The third-order valence-electron chi connectivity index (χ3n) is 6.43. The van der Waals surface area contributed by atoms with Crippen molar-refractivity contribution in [1.29, 1.82) is 0 Å². The molecule has 1 aliphatic rings. The van der Waals surface area contributed by atoms with Crippen LogP contribution in [-0.4, -0.2) is 65.3 Å². The standard InChI is InChI=1S/C27H34N4O3/c1-31(2)15-3-14-28-26-23-16-19(18-4-9-21(32)10-5-18)6-13-25(23)29-17-24(26)27(34)30-20-7-11-22(33)12-8-20/h4-6,9-10,13,16-17,20,22,32-33H,3,7-8,11-12,14-15H2,1-2H3,(H,28,29)(H,30,34)/t20-,22-. The summed E-state index contributed by atoms with van der Waals surface area (Å²) >= 11 is 0. The number of aliphatic hydroxyl groups is 1. The summed E-state index contributed by atoms with van der Waals surface area (Å²) in [6, 6.07) is 13.2. The third kappa shape index (κ3) is 5.85. The van der Waals surface area contributed by atoms with Crippen LogP contribution in [0.15, 0.2) is 48.7 Å². The number of hydrogen-bond donors (Lipinski definition) is 4. The number of rotatable bonds is 8. The molecule has 4 rings (SSSR count). The number of aliphatic hydroxyl groups excluding tert-OH is 1. The predicted octanol–water partition coefficient (Wildman–Crippen LogP) is 4.00. The van der Waals surface area contributed by atoms with Crippen LogP contribution in [0.5, 0.6) is 5.75 Å². The first kappa shape index (κ1) is 24.0. The highest BCUT2D eigenvalue weighted by Gasteiger charge is 2.23. The Hall–Kier alpha value is -3.16. The fraction of sp³-hybridized carbons (Fsp3) is 0.407. The highest BCUT2D eigenvalue weighted by atomic mass is 16.3. The topological polar surface area (TPSA) is 97.7 Å². The minimum atomic E-state index is -0.261. The molecule has 180 valence electrons. The SMILES string of the molecule is CN(C)CCCNc1c(C(=O)N[C@H]2CC[C@H](O)CC2)cnc2ccc(-c3ccc(O)cc3)cc12. The fourth-order valence-electron chi connectivity index (χ4n) is 4.48. The van der Waals surface area contributed by atoms with E-state index in [0.29, 0.717) is 18.4 Å². The van der Waals surface area contributed by atoms with Gasteiger partial charge in [-0.15, -0.1) is 0 Å². The van der Waals surface area contributed by atoms with Crippen molar-refractivity contribution in [2.45, 2.75) is 44.2 Å². The van der Waals surface area contributed by atoms with E-state index in [1.165, 1.54) is 0 Å². The first-order valence-corrected chi connectivity index (χ1v) is 12.0. The Bertz CT molecular complexity index is 1120. The van der Waals surface area contributed by atoms with Gasteiger partial charge in [0.1, 0.15) is 5.75 Å². The Morgan fingerprint density at radius 3 is 2.47 bits per heavy atom. The number of fused-ring (bicyclic) bond motifs is 1. The highest BCUT2D eigenvalue weighted by molar-refractivity contribution is 6.08. The number of amides is 1. The van der Waals surface area contributed by atoms with Gasteiger partial charge in [0.2, 0.25) is 0 Å². The maximum atomic E-state index is 13.3. The maximum Gasteiger partial charge on any atom is 0.255 e. The second-order valence-electron chi connectivity index (χ2n) is 9.39. The number of benzene rings is 2. The number of anilines is 1. The Kier molecular flexibility index (Phi) is 7.65. The summed E-state index contributed by atoms with van der Waals surface area (Å²) in [6.45, 7) is 1.68. The summed E-state index contributed by atoms with van der Waals surface area (Å²) in [5, 5.41) is 27.0. The Morgan fingerprint density at radius 1 is 1.06 bits per heavy atom. The number of carbonyl (C=O) groups is 1. The molecule has 34 heavy (non-hydrogen) atoms. The summed E-state index contributed by atoms with van der Waals surface area (Å²) < 4.78 is 0. The van der Waals surface area contributed by atoms with E-state index in [4.69, 9.17) is 0 Å². The van der Waals surface area contributed by atoms with Gasteiger partial charge in [0.25, 0.3) is 5.91 Å². The van der Waals surface area contributed by atoms with Crippen molar-refractivity contribution in [1.82, 2.24) is 15.2 Å². The lowest BCUT2D eigenvalue weighted by Gasteiger charge is -2.26. The number of aromatic hydroxyl groups is 1. The fourth-order valence-corrected chi connectivity index (χ4v) is 4.48. The first-order chi connectivity index (χ1) is 16.4. The Balaban J connectivity index is 1.67. The molecule has 0 radical (unpaired) electrons. The number of phenolic OH excluding ortho intramolecular Hbond substituents is 1. The molecule has 0 bridgehead atoms. The van der Waals surface area contributed by atoms with Crippen LogP contribution in [0.25, 0.3) is 22.0 Å². The van der Waals surface area contributed by atoms with E-state index < -0.39 is 0 Å². The smallest absolute Gasteiger partial charge is 0.255 e. The van der Waals surface area contributed by atoms with E-state index in [1.807, 2.05) is 38.4 Å². The van der Waals surface area contributed by atoms with Gasteiger partial charge in [0, 0.05) is 24.2 Å². The molecule has 0 atom stereocenters. The number of nitrogens with zero attached hydrogens (tertiary/aromatic N) is 2. The number of pyridine rings is 1. The van der Waals surface area contributed by atoms with E-state index in [0.717, 1.165) is 60.1 Å². The second-order valence-corrected chi connectivity index (χ2v) is 9.39. The monoisotopic (exact) mass is 462 g/mol. The van der Waals surface area contributed by atoms with Crippen molar-refractivity contribution in [3.63, 3.8) is 0 Å². The van der Waals surface area contributed by atoms with E-state index in [-0.39, 0.29) is 23.8 Å². The quantitative estimate of drug-likeness (QED) is 0.378. The molecule has 1 aliphatic carbocycles. The van der Waals surface area contributed by atoms with Gasteiger partial charge in [-0.3, -0.25) is 9.78 Å². The summed E-state index contributed by atoms with van der Waals surface area (Å²) in [5.74, 6) is 0.0876. The van der Waals surface area contributed by atoms with E-state index in [1.54, 1.807) is 18.3 Å². The van der Waals surface area contributed by atoms with Crippen LogP contribution in [0.3, 0.4) is 0 Å². The molecular formula is C27H34N4O3. The summed E-state index contributed by atoms with van der Waals surface area (Å²) in [5.41, 5.74) is 4.11. The minimum absolute atomic E-state index is 0.0662. The van der Waals surface area contributed by atoms with Crippen LogP contribution >= 0.6 is 0 Å². The van der Waals surface area contributed by atoms with Gasteiger partial charge < -0.3 is 25.7 Å². The van der Waals surface area contributed by atoms with E-state index >= 15 is 0 Å². The van der Waals surface area contributed by atoms with Gasteiger partial charge in [-0.2, -0.15) is 0 Å². The largest absolute Gasteiger partial charge is 0.508 e. The van der Waals surface area contributed by atoms with Crippen LogP contribution in [0, 0.1) is 0 Å². The van der Waals surface area contributed by atoms with Crippen molar-refractivity contribution >= 4 is 22.5 Å². The lowest BCUT2D eigenvalue weighted by Crippen LogP contribution is -2.38. The van der Waals surface area contributed by atoms with Crippen molar-refractivity contribution < 1.29 is 15.0 Å². The molecular weight excluding hydrogens is 428 g/mol. The molecule has 4 N–H and O–H groups in total. The van der Waals surface area contributed by atoms with Crippen LogP contribution < -0.4 is 10.6 Å². The van der Waals surface area contributed by atoms with Crippen LogP contribution in [-0.2, 0) is 0 Å². The number of aromatic nitrogens is 1. The number of nitrogens with one attached hydrogen (secondary N) is 2. The van der Waals surface area contributed by atoms with Crippen molar-refractivity contribution in [2.75, 3.05) is 32.5 Å². The summed E-state index contributed by atoms with van der Waals surface area (Å²) in [7, 11) is 4.09. The predicted molar refractivity (Wildman–Crippen MR) is 136 cm³/mol. The maximum absolute atomic E-state index is 13.3. The van der Waals surface area contributed by atoms with E-state index in [9.17, 15) is 15.0 Å². The molecule has 3 aromatic rings. The average molecular weight is 463 g/mol. The van der Waals surface area contributed by atoms with Gasteiger partial charge in [-0.1, -0.05) is 18.2 Å². The van der Waals surface area contributed by atoms with E-state index in [2.05, 4.69) is 26.6 Å². The molecule has 0 spiro atoms. The van der Waals surface area contributed by atoms with Gasteiger partial charge in [0.15, 0.2) is 0 Å². The van der Waals surface area contributed by atoms with Gasteiger partial charge >= 0.3 is 0 Å². The summed E-state index contributed by atoms with van der Waals surface area (Å²) in [6.07, 6.45) is 5.33. The summed E-state index contributed by atoms with van der Waals surface area (Å²) in [4.78, 5) is 20.0. The third-order valence-corrected chi connectivity index (χ3v) is 6.43.